The van der Waals surface area contributed by atoms with E-state index in [1.807, 2.05) is 36.4 Å². The SMILES string of the molecule is CC(C)c1c2ccc(c1O)C=Nc1ccccc1N=Cc1ccc(c(C(C)C)c1O)CCCCCCCCCCCC2.[O]=[U]=[O]. The van der Waals surface area contributed by atoms with E-state index in [4.69, 9.17) is 14.5 Å². The van der Waals surface area contributed by atoms with Gasteiger partial charge in [-0.05, 0) is 72.9 Å². The summed E-state index contributed by atoms with van der Waals surface area (Å²) in [4.78, 5) is 9.49. The molecule has 0 saturated heterocycles. The monoisotopic (exact) mass is 836 g/mol. The number of nitrogens with zero attached hydrogens (tertiary/aromatic N) is 2. The van der Waals surface area contributed by atoms with Gasteiger partial charge in [0.05, 0.1) is 11.4 Å². The van der Waals surface area contributed by atoms with Crippen LogP contribution in [0.5, 0.6) is 11.5 Å². The van der Waals surface area contributed by atoms with Crippen LogP contribution < -0.4 is 0 Å². The molecule has 2 N–H and O–H groups in total. The van der Waals surface area contributed by atoms with Gasteiger partial charge < -0.3 is 10.2 Å². The number of aryl methyl sites for hydroxylation is 2. The van der Waals surface area contributed by atoms with Crippen molar-refractivity contribution in [3.8, 4) is 11.5 Å². The molecule has 3 aromatic rings. The Balaban J connectivity index is 0.00000177. The van der Waals surface area contributed by atoms with Crippen molar-refractivity contribution in [3.63, 3.8) is 0 Å². The van der Waals surface area contributed by atoms with Crippen LogP contribution in [-0.4, -0.2) is 22.6 Å². The standard InChI is InChI=1S/C38H50N2O2.2O.U/c1-27(2)35-29-17-13-11-9-7-5-6-8-10-12-14-18-30-22-24-32(38(42)36(30)28(3)4)26-40-34-20-16-15-19-33(34)39-25-31(23-21-29)37(35)41;;;/h15-16,19-28,41-42H,5-14,17-18H2,1-4H3;;;. The number of fused-ring (bicyclic) bond motifs is 2. The molecule has 240 valence electrons. The first kappa shape index (κ1) is 36.7. The van der Waals surface area contributed by atoms with Crippen LogP contribution in [0.1, 0.15) is 137 Å². The first-order valence-electron chi connectivity index (χ1n) is 16.6. The predicted molar refractivity (Wildman–Crippen MR) is 180 cm³/mol. The molecule has 4 bridgehead atoms. The zero-order valence-corrected chi connectivity index (χ0v) is 31.7. The molecule has 3 aliphatic heterocycles. The van der Waals surface area contributed by atoms with Crippen LogP contribution >= 0.6 is 0 Å². The van der Waals surface area contributed by atoms with Crippen LogP contribution in [0.25, 0.3) is 0 Å². The van der Waals surface area contributed by atoms with E-state index in [2.05, 4.69) is 39.8 Å². The maximum absolute atomic E-state index is 11.3. The Morgan fingerprint density at radius 2 is 0.889 bits per heavy atom. The minimum atomic E-state index is -2.51. The fourth-order valence-corrected chi connectivity index (χ4v) is 6.27. The molecule has 0 amide bonds. The Bertz CT molecular complexity index is 1370. The molecule has 0 unspecified atom stereocenters. The Kier molecular flexibility index (Phi) is 16.1. The Hall–Kier alpha value is -2.75. The Morgan fingerprint density at radius 3 is 1.22 bits per heavy atom. The average Bonchev–Trinajstić information content (AvgIpc) is 3.00. The number of hydrogen-bond donors (Lipinski definition) is 2. The zero-order chi connectivity index (χ0) is 32.6. The normalized spacial score (nSPS) is 15.0. The summed E-state index contributed by atoms with van der Waals surface area (Å²) in [5.41, 5.74) is 7.43. The van der Waals surface area contributed by atoms with Crippen molar-refractivity contribution >= 4 is 23.8 Å². The molecule has 6 rings (SSSR count). The second-order valence-electron chi connectivity index (χ2n) is 12.6. The quantitative estimate of drug-likeness (QED) is 0.269. The van der Waals surface area contributed by atoms with Gasteiger partial charge in [0, 0.05) is 34.7 Å². The molecule has 0 fully saturated rings. The Morgan fingerprint density at radius 1 is 0.556 bits per heavy atom. The van der Waals surface area contributed by atoms with Crippen LogP contribution in [0.15, 0.2) is 58.5 Å². The number of aliphatic imine (C=N–C) groups is 2. The van der Waals surface area contributed by atoms with Gasteiger partial charge >= 0.3 is 32.3 Å². The first-order valence-corrected chi connectivity index (χ1v) is 20.0. The second kappa shape index (κ2) is 19.7. The first-order chi connectivity index (χ1) is 21.8. The van der Waals surface area contributed by atoms with Gasteiger partial charge in [0.25, 0.3) is 0 Å². The van der Waals surface area contributed by atoms with Gasteiger partial charge in [-0.3, -0.25) is 9.98 Å². The van der Waals surface area contributed by atoms with Crippen molar-refractivity contribution in [2.45, 2.75) is 117 Å². The van der Waals surface area contributed by atoms with E-state index in [-0.39, 0.29) is 11.8 Å². The fraction of sp³-hybridized carbons (Fsp3) is 0.474. The van der Waals surface area contributed by atoms with Crippen molar-refractivity contribution in [3.05, 3.63) is 81.9 Å². The van der Waals surface area contributed by atoms with Crippen LogP contribution in [0.2, 0.25) is 0 Å². The van der Waals surface area contributed by atoms with Gasteiger partial charge in [-0.25, -0.2) is 0 Å². The summed E-state index contributed by atoms with van der Waals surface area (Å²) in [5.74, 6) is 1.12. The third-order valence-corrected chi connectivity index (χ3v) is 8.54. The van der Waals surface area contributed by atoms with Gasteiger partial charge in [0.2, 0.25) is 0 Å². The third kappa shape index (κ3) is 11.2. The van der Waals surface area contributed by atoms with Gasteiger partial charge in [-0.1, -0.05) is 103 Å². The molecule has 6 nitrogen and oxygen atoms in total. The molecule has 0 aromatic heterocycles. The number of hydrogen-bond acceptors (Lipinski definition) is 6. The molecule has 7 heteroatoms. The number of aromatic hydroxyl groups is 2. The van der Waals surface area contributed by atoms with Crippen molar-refractivity contribution in [2.24, 2.45) is 9.98 Å². The molecule has 0 aliphatic carbocycles. The van der Waals surface area contributed by atoms with E-state index in [9.17, 15) is 10.2 Å². The second-order valence-corrected chi connectivity index (χ2v) is 13.3. The van der Waals surface area contributed by atoms with Gasteiger partial charge in [0.15, 0.2) is 0 Å². The summed E-state index contributed by atoms with van der Waals surface area (Å²) in [6.45, 7) is 8.59. The average molecular weight is 837 g/mol. The molecule has 0 spiro atoms. The molecule has 0 radical (unpaired) electrons. The summed E-state index contributed by atoms with van der Waals surface area (Å²) in [6, 6.07) is 16.1. The van der Waals surface area contributed by atoms with Crippen LogP contribution in [0.4, 0.5) is 11.4 Å². The zero-order valence-electron chi connectivity index (χ0n) is 27.5. The van der Waals surface area contributed by atoms with Gasteiger partial charge in [-0.2, -0.15) is 0 Å². The van der Waals surface area contributed by atoms with Crippen molar-refractivity contribution < 1.29 is 42.5 Å². The van der Waals surface area contributed by atoms with Crippen molar-refractivity contribution in [1.82, 2.24) is 0 Å². The molecule has 0 atom stereocenters. The van der Waals surface area contributed by atoms with Crippen LogP contribution in [0, 0.1) is 27.8 Å². The van der Waals surface area contributed by atoms with Crippen molar-refractivity contribution in [1.29, 1.82) is 0 Å². The van der Waals surface area contributed by atoms with Gasteiger partial charge in [0.1, 0.15) is 11.5 Å². The number of phenolic OH excluding ortho intramolecular Hbond substituents is 2. The summed E-state index contributed by atoms with van der Waals surface area (Å²) in [5, 5.41) is 22.5. The van der Waals surface area contributed by atoms with E-state index in [1.165, 1.54) is 62.5 Å². The summed E-state index contributed by atoms with van der Waals surface area (Å²) in [6.07, 6.45) is 18.1. The van der Waals surface area contributed by atoms with E-state index >= 15 is 0 Å². The number of rotatable bonds is 2. The van der Waals surface area contributed by atoms with Crippen molar-refractivity contribution in [2.75, 3.05) is 0 Å². The molecule has 3 heterocycles. The molecule has 0 saturated carbocycles. The Labute approximate surface area is 284 Å². The topological polar surface area (TPSA) is 99.3 Å². The van der Waals surface area contributed by atoms with Crippen LogP contribution in [-0.2, 0) is 17.3 Å². The van der Waals surface area contributed by atoms with Crippen LogP contribution in [0.3, 0.4) is 0 Å². The summed E-state index contributed by atoms with van der Waals surface area (Å²) < 4.78 is 17.2. The van der Waals surface area contributed by atoms with E-state index in [1.54, 1.807) is 12.4 Å². The van der Waals surface area contributed by atoms with Gasteiger partial charge in [-0.15, -0.1) is 0 Å². The van der Waals surface area contributed by atoms with E-state index in [0.29, 0.717) is 22.9 Å². The minimum absolute atomic E-state index is 0.229. The number of benzene rings is 3. The van der Waals surface area contributed by atoms with E-state index in [0.717, 1.165) is 47.9 Å². The molecular formula is C38H50N2O4U. The summed E-state index contributed by atoms with van der Waals surface area (Å²) in [7, 11) is 0. The maximum atomic E-state index is 11.3. The molecule has 45 heavy (non-hydrogen) atoms. The molecule has 3 aromatic carbocycles. The fourth-order valence-electron chi connectivity index (χ4n) is 6.27. The predicted octanol–water partition coefficient (Wildman–Crippen LogP) is 10.6. The van der Waals surface area contributed by atoms with E-state index < -0.39 is 27.8 Å². The molecule has 3 aliphatic rings. The molecular weight excluding hydrogens is 786 g/mol. The number of phenols is 2. The number of para-hydroxylation sites is 2. The third-order valence-electron chi connectivity index (χ3n) is 8.54. The summed E-state index contributed by atoms with van der Waals surface area (Å²) >= 11 is -2.51.